The number of esters is 1. The molecule has 1 atom stereocenters. The molecule has 0 fully saturated rings. The third kappa shape index (κ3) is 6.11. The van der Waals surface area contributed by atoms with Crippen LogP contribution in [0.15, 0.2) is 65.5 Å². The molecule has 0 saturated carbocycles. The van der Waals surface area contributed by atoms with Gasteiger partial charge < -0.3 is 9.64 Å². The van der Waals surface area contributed by atoms with Crippen LogP contribution in [0, 0.1) is 16.0 Å². The summed E-state index contributed by atoms with van der Waals surface area (Å²) in [6, 6.07) is 11.3. The number of nitro groups is 1. The van der Waals surface area contributed by atoms with Crippen LogP contribution in [-0.4, -0.2) is 24.0 Å². The summed E-state index contributed by atoms with van der Waals surface area (Å²) in [5.74, 6) is -0.638. The third-order valence-electron chi connectivity index (χ3n) is 4.11. The Bertz CT molecular complexity index is 915. The monoisotopic (exact) mass is 416 g/mol. The quantitative estimate of drug-likeness (QED) is 0.169. The van der Waals surface area contributed by atoms with Gasteiger partial charge in [-0.3, -0.25) is 14.9 Å². The Morgan fingerprint density at radius 1 is 1.31 bits per heavy atom. The normalized spacial score (nSPS) is 11.8. The van der Waals surface area contributed by atoms with Gasteiger partial charge in [-0.05, 0) is 37.3 Å². The molecule has 0 bridgehead atoms. The highest BCUT2D eigenvalue weighted by atomic mass is 35.5. The van der Waals surface area contributed by atoms with Gasteiger partial charge in [0.05, 0.1) is 27.8 Å². The second-order valence-electron chi connectivity index (χ2n) is 6.15. The number of halogens is 1. The number of benzene rings is 2. The number of anilines is 1. The molecule has 2 rings (SSSR count). The van der Waals surface area contributed by atoms with E-state index in [0.29, 0.717) is 24.5 Å². The van der Waals surface area contributed by atoms with Crippen LogP contribution in [0.2, 0.25) is 5.02 Å². The van der Waals surface area contributed by atoms with Crippen molar-refractivity contribution in [3.8, 4) is 0 Å². The van der Waals surface area contributed by atoms with Crippen LogP contribution in [0.5, 0.6) is 0 Å². The number of hydrogen-bond acceptors (Lipinski definition) is 7. The zero-order valence-corrected chi connectivity index (χ0v) is 16.9. The van der Waals surface area contributed by atoms with Crippen molar-refractivity contribution in [1.82, 2.24) is 0 Å². The second kappa shape index (κ2) is 10.3. The van der Waals surface area contributed by atoms with Gasteiger partial charge in [0, 0.05) is 30.9 Å². The molecule has 9 heteroatoms. The molecule has 0 radical (unpaired) electrons. The predicted molar refractivity (Wildman–Crippen MR) is 112 cm³/mol. The molecule has 0 aliphatic heterocycles. The maximum absolute atomic E-state index is 11.8. The summed E-state index contributed by atoms with van der Waals surface area (Å²) in [7, 11) is 0. The molecule has 0 saturated heterocycles. The van der Waals surface area contributed by atoms with Gasteiger partial charge in [0.1, 0.15) is 5.69 Å². The molecule has 0 heterocycles. The van der Waals surface area contributed by atoms with Gasteiger partial charge in [-0.1, -0.05) is 25.1 Å². The molecule has 152 valence electrons. The van der Waals surface area contributed by atoms with Gasteiger partial charge in [0.2, 0.25) is 0 Å². The first-order valence-corrected chi connectivity index (χ1v) is 9.25. The molecular formula is C20H21ClN4O4. The molecule has 8 nitrogen and oxygen atoms in total. The molecule has 2 aromatic rings. The van der Waals surface area contributed by atoms with E-state index in [1.54, 1.807) is 19.1 Å². The smallest absolute Gasteiger partial charge is 0.315 e. The SMILES string of the molecule is C=COC(=O)C(C)CN(CC)c1ccc(/N=N/c2ccc([N+](=O)[O-])cc2Cl)cc1. The predicted octanol–water partition coefficient (Wildman–Crippen LogP) is 5.81. The van der Waals surface area contributed by atoms with Gasteiger partial charge in [0.15, 0.2) is 0 Å². The Hall–Kier alpha value is -3.26. The van der Waals surface area contributed by atoms with E-state index in [1.165, 1.54) is 18.2 Å². The van der Waals surface area contributed by atoms with Crippen LogP contribution in [0.25, 0.3) is 0 Å². The van der Waals surface area contributed by atoms with Gasteiger partial charge in [-0.2, -0.15) is 5.11 Å². The fourth-order valence-corrected chi connectivity index (χ4v) is 2.77. The minimum absolute atomic E-state index is 0.107. The Morgan fingerprint density at radius 2 is 2.00 bits per heavy atom. The van der Waals surface area contributed by atoms with Gasteiger partial charge in [-0.25, -0.2) is 0 Å². The number of hydrogen-bond donors (Lipinski definition) is 0. The van der Waals surface area contributed by atoms with Crippen molar-refractivity contribution in [2.45, 2.75) is 13.8 Å². The lowest BCUT2D eigenvalue weighted by Crippen LogP contribution is -2.32. The van der Waals surface area contributed by atoms with Crippen LogP contribution in [0.1, 0.15) is 13.8 Å². The number of nitrogens with zero attached hydrogens (tertiary/aromatic N) is 4. The summed E-state index contributed by atoms with van der Waals surface area (Å²) >= 11 is 6.01. The van der Waals surface area contributed by atoms with Crippen molar-refractivity contribution in [3.63, 3.8) is 0 Å². The second-order valence-corrected chi connectivity index (χ2v) is 6.56. The largest absolute Gasteiger partial charge is 0.435 e. The van der Waals surface area contributed by atoms with E-state index in [-0.39, 0.29) is 22.6 Å². The summed E-state index contributed by atoms with van der Waals surface area (Å²) in [6.45, 7) is 8.40. The number of azo groups is 1. The molecule has 0 aromatic heterocycles. The molecule has 0 spiro atoms. The van der Waals surface area contributed by atoms with E-state index in [4.69, 9.17) is 16.3 Å². The summed E-state index contributed by atoms with van der Waals surface area (Å²) in [5.41, 5.74) is 1.76. The molecule has 0 amide bonds. The van der Waals surface area contributed by atoms with Gasteiger partial charge >= 0.3 is 5.97 Å². The zero-order chi connectivity index (χ0) is 21.4. The van der Waals surface area contributed by atoms with Gasteiger partial charge in [0.25, 0.3) is 5.69 Å². The van der Waals surface area contributed by atoms with E-state index in [9.17, 15) is 14.9 Å². The number of carbonyl (C=O) groups excluding carboxylic acids is 1. The van der Waals surface area contributed by atoms with E-state index in [0.717, 1.165) is 11.9 Å². The van der Waals surface area contributed by atoms with Crippen LogP contribution in [-0.2, 0) is 9.53 Å². The average molecular weight is 417 g/mol. The summed E-state index contributed by atoms with van der Waals surface area (Å²) < 4.78 is 4.83. The Morgan fingerprint density at radius 3 is 2.55 bits per heavy atom. The fourth-order valence-electron chi connectivity index (χ4n) is 2.55. The summed E-state index contributed by atoms with van der Waals surface area (Å²) in [5, 5.41) is 19.1. The maximum Gasteiger partial charge on any atom is 0.315 e. The van der Waals surface area contributed by atoms with Gasteiger partial charge in [-0.15, -0.1) is 5.11 Å². The third-order valence-corrected chi connectivity index (χ3v) is 4.41. The van der Waals surface area contributed by atoms with E-state index in [1.807, 2.05) is 24.0 Å². The number of rotatable bonds is 9. The average Bonchev–Trinajstić information content (AvgIpc) is 2.71. The van der Waals surface area contributed by atoms with Crippen LogP contribution < -0.4 is 4.90 Å². The summed E-state index contributed by atoms with van der Waals surface area (Å²) in [4.78, 5) is 24.1. The van der Waals surface area contributed by atoms with Crippen molar-refractivity contribution in [2.24, 2.45) is 16.1 Å². The number of nitro benzene ring substituents is 1. The molecule has 29 heavy (non-hydrogen) atoms. The van der Waals surface area contributed by atoms with Crippen molar-refractivity contribution in [2.75, 3.05) is 18.0 Å². The summed E-state index contributed by atoms with van der Waals surface area (Å²) in [6.07, 6.45) is 1.13. The minimum Gasteiger partial charge on any atom is -0.435 e. The number of carbonyl (C=O) groups is 1. The molecule has 0 aliphatic carbocycles. The maximum atomic E-state index is 11.8. The first-order chi connectivity index (χ1) is 13.8. The minimum atomic E-state index is -0.525. The first kappa shape index (κ1) is 22.0. The van der Waals surface area contributed by atoms with E-state index in [2.05, 4.69) is 16.8 Å². The van der Waals surface area contributed by atoms with Crippen LogP contribution >= 0.6 is 11.6 Å². The molecule has 2 aromatic carbocycles. The van der Waals surface area contributed by atoms with E-state index < -0.39 is 4.92 Å². The van der Waals surface area contributed by atoms with Crippen LogP contribution in [0.3, 0.4) is 0 Å². The van der Waals surface area contributed by atoms with Crippen molar-refractivity contribution < 1.29 is 14.5 Å². The lowest BCUT2D eigenvalue weighted by atomic mass is 10.1. The molecule has 0 N–H and O–H groups in total. The highest BCUT2D eigenvalue weighted by Crippen LogP contribution is 2.30. The fraction of sp³-hybridized carbons (Fsp3) is 0.250. The lowest BCUT2D eigenvalue weighted by molar-refractivity contribution is -0.384. The first-order valence-electron chi connectivity index (χ1n) is 8.87. The molecular weight excluding hydrogens is 396 g/mol. The number of non-ortho nitro benzene ring substituents is 1. The van der Waals surface area contributed by atoms with Crippen molar-refractivity contribution >= 4 is 40.3 Å². The Labute approximate surface area is 173 Å². The highest BCUT2D eigenvalue weighted by Gasteiger charge is 2.17. The Kier molecular flexibility index (Phi) is 7.85. The van der Waals surface area contributed by atoms with Crippen molar-refractivity contribution in [1.29, 1.82) is 0 Å². The Balaban J connectivity index is 2.09. The van der Waals surface area contributed by atoms with E-state index >= 15 is 0 Å². The highest BCUT2D eigenvalue weighted by molar-refractivity contribution is 6.33. The lowest BCUT2D eigenvalue weighted by Gasteiger charge is -2.25. The topological polar surface area (TPSA) is 97.4 Å². The molecule has 1 unspecified atom stereocenters. The standard InChI is InChI=1S/C20H21ClN4O4/c1-4-24(13-14(3)20(26)29-5-2)16-8-6-15(7-9-16)22-23-19-11-10-17(25(27)28)12-18(19)21/h5-12,14H,2,4,13H2,1,3H3/b23-22+. The molecule has 0 aliphatic rings. The van der Waals surface area contributed by atoms with Crippen LogP contribution in [0.4, 0.5) is 22.7 Å². The zero-order valence-electron chi connectivity index (χ0n) is 16.1. The van der Waals surface area contributed by atoms with Crippen molar-refractivity contribution in [3.05, 3.63) is 70.4 Å². The number of ether oxygens (including phenoxy) is 1.